The highest BCUT2D eigenvalue weighted by atomic mass is 33.1. The third kappa shape index (κ3) is 8.14. The standard InChI is InChI=1S/C13H24O2S2/c1-11(2)7-9-15-13(14)6-4-3-5-12-8-10-16-17-12/h7,12-14H,3-6,8-10H2,1-2H3/t12-,13?/m1/s1. The van der Waals surface area contributed by atoms with E-state index in [0.29, 0.717) is 6.61 Å². The molecular formula is C13H24O2S2. The first-order valence-electron chi connectivity index (χ1n) is 6.40. The molecule has 1 aliphatic rings. The molecular weight excluding hydrogens is 252 g/mol. The number of hydrogen-bond donors (Lipinski definition) is 1. The van der Waals surface area contributed by atoms with Crippen molar-refractivity contribution in [1.82, 2.24) is 0 Å². The molecule has 1 unspecified atom stereocenters. The highest BCUT2D eigenvalue weighted by molar-refractivity contribution is 8.77. The van der Waals surface area contributed by atoms with E-state index in [-0.39, 0.29) is 0 Å². The van der Waals surface area contributed by atoms with Gasteiger partial charge in [0.15, 0.2) is 6.29 Å². The van der Waals surface area contributed by atoms with Crippen LogP contribution in [-0.4, -0.2) is 29.0 Å². The summed E-state index contributed by atoms with van der Waals surface area (Å²) in [5.74, 6) is 1.31. The second kappa shape index (κ2) is 9.31. The number of unbranched alkanes of at least 4 members (excludes halogenated alkanes) is 1. The first-order valence-corrected chi connectivity index (χ1v) is 8.78. The van der Waals surface area contributed by atoms with Crippen LogP contribution in [0.4, 0.5) is 0 Å². The summed E-state index contributed by atoms with van der Waals surface area (Å²) in [5.41, 5.74) is 1.23. The first kappa shape index (κ1) is 15.4. The molecule has 0 bridgehead atoms. The molecule has 0 spiro atoms. The Morgan fingerprint density at radius 3 is 2.94 bits per heavy atom. The largest absolute Gasteiger partial charge is 0.368 e. The fourth-order valence-electron chi connectivity index (χ4n) is 1.66. The molecule has 0 radical (unpaired) electrons. The van der Waals surface area contributed by atoms with Crippen molar-refractivity contribution in [3.63, 3.8) is 0 Å². The molecule has 100 valence electrons. The highest BCUT2D eigenvalue weighted by Crippen LogP contribution is 2.39. The van der Waals surface area contributed by atoms with Gasteiger partial charge in [-0.2, -0.15) is 0 Å². The van der Waals surface area contributed by atoms with Crippen molar-refractivity contribution in [3.8, 4) is 0 Å². The molecule has 1 N–H and O–H groups in total. The van der Waals surface area contributed by atoms with Crippen molar-refractivity contribution in [2.24, 2.45) is 0 Å². The van der Waals surface area contributed by atoms with E-state index in [4.69, 9.17) is 4.74 Å². The van der Waals surface area contributed by atoms with Gasteiger partial charge in [-0.15, -0.1) is 0 Å². The first-order chi connectivity index (χ1) is 8.18. The predicted octanol–water partition coefficient (Wildman–Crippen LogP) is 4.00. The number of ether oxygens (including phenoxy) is 1. The lowest BCUT2D eigenvalue weighted by Gasteiger charge is -2.11. The quantitative estimate of drug-likeness (QED) is 0.314. The maximum absolute atomic E-state index is 9.59. The molecule has 0 amide bonds. The number of rotatable bonds is 8. The Hall–Kier alpha value is 0.360. The van der Waals surface area contributed by atoms with Crippen LogP contribution in [0.25, 0.3) is 0 Å². The summed E-state index contributed by atoms with van der Waals surface area (Å²) in [6, 6.07) is 0. The molecule has 1 fully saturated rings. The smallest absolute Gasteiger partial charge is 0.154 e. The van der Waals surface area contributed by atoms with Gasteiger partial charge in [-0.25, -0.2) is 0 Å². The van der Waals surface area contributed by atoms with Gasteiger partial charge in [-0.1, -0.05) is 39.7 Å². The topological polar surface area (TPSA) is 29.5 Å². The van der Waals surface area contributed by atoms with Crippen LogP contribution < -0.4 is 0 Å². The zero-order chi connectivity index (χ0) is 12.5. The minimum absolute atomic E-state index is 0.526. The molecule has 0 aromatic carbocycles. The Bertz CT molecular complexity index is 221. The van der Waals surface area contributed by atoms with Gasteiger partial charge in [0.1, 0.15) is 0 Å². The van der Waals surface area contributed by atoms with Crippen LogP contribution in [0.15, 0.2) is 11.6 Å². The Labute approximate surface area is 113 Å². The fourth-order valence-corrected chi connectivity index (χ4v) is 4.69. The molecule has 0 saturated carbocycles. The molecule has 0 aromatic rings. The lowest BCUT2D eigenvalue weighted by atomic mass is 10.1. The maximum Gasteiger partial charge on any atom is 0.154 e. The highest BCUT2D eigenvalue weighted by Gasteiger charge is 2.15. The monoisotopic (exact) mass is 276 g/mol. The fraction of sp³-hybridized carbons (Fsp3) is 0.846. The molecule has 17 heavy (non-hydrogen) atoms. The summed E-state index contributed by atoms with van der Waals surface area (Å²) < 4.78 is 5.29. The second-order valence-electron chi connectivity index (χ2n) is 4.68. The van der Waals surface area contributed by atoms with Gasteiger partial charge in [-0.05, 0) is 39.5 Å². The molecule has 1 rings (SSSR count). The van der Waals surface area contributed by atoms with Gasteiger partial charge in [0, 0.05) is 11.0 Å². The zero-order valence-corrected chi connectivity index (χ0v) is 12.5. The van der Waals surface area contributed by atoms with Crippen molar-refractivity contribution < 1.29 is 9.84 Å². The van der Waals surface area contributed by atoms with Gasteiger partial charge < -0.3 is 9.84 Å². The van der Waals surface area contributed by atoms with E-state index in [1.54, 1.807) is 0 Å². The minimum Gasteiger partial charge on any atom is -0.368 e. The maximum atomic E-state index is 9.59. The summed E-state index contributed by atoms with van der Waals surface area (Å²) in [6.45, 7) is 4.60. The summed E-state index contributed by atoms with van der Waals surface area (Å²) in [4.78, 5) is 0. The van der Waals surface area contributed by atoms with Crippen molar-refractivity contribution in [2.75, 3.05) is 12.4 Å². The third-order valence-electron chi connectivity index (χ3n) is 2.73. The number of aliphatic hydroxyl groups is 1. The summed E-state index contributed by atoms with van der Waals surface area (Å²) in [5, 5.41) is 10.4. The number of hydrogen-bond acceptors (Lipinski definition) is 4. The molecule has 4 heteroatoms. The Balaban J connectivity index is 1.92. The molecule has 1 aliphatic heterocycles. The van der Waals surface area contributed by atoms with Crippen LogP contribution >= 0.6 is 21.6 Å². The molecule has 0 aromatic heterocycles. The van der Waals surface area contributed by atoms with Crippen molar-refractivity contribution in [1.29, 1.82) is 0 Å². The van der Waals surface area contributed by atoms with E-state index in [1.165, 1.54) is 30.6 Å². The second-order valence-corrected chi connectivity index (χ2v) is 7.47. The SMILES string of the molecule is CC(C)=CCOC(O)CCCC[C@@H]1CCSS1. The number of aliphatic hydroxyl groups excluding tert-OH is 1. The van der Waals surface area contributed by atoms with Crippen molar-refractivity contribution in [2.45, 2.75) is 57.5 Å². The normalized spacial score (nSPS) is 21.5. The van der Waals surface area contributed by atoms with Crippen LogP contribution in [-0.2, 0) is 4.74 Å². The van der Waals surface area contributed by atoms with Crippen LogP contribution in [0.2, 0.25) is 0 Å². The van der Waals surface area contributed by atoms with Gasteiger partial charge in [0.25, 0.3) is 0 Å². The van der Waals surface area contributed by atoms with Crippen LogP contribution in [0.3, 0.4) is 0 Å². The van der Waals surface area contributed by atoms with Gasteiger partial charge in [-0.3, -0.25) is 0 Å². The molecule has 1 heterocycles. The molecule has 0 aliphatic carbocycles. The lowest BCUT2D eigenvalue weighted by molar-refractivity contribution is -0.0939. The van der Waals surface area contributed by atoms with E-state index < -0.39 is 6.29 Å². The van der Waals surface area contributed by atoms with Crippen molar-refractivity contribution in [3.05, 3.63) is 11.6 Å². The van der Waals surface area contributed by atoms with Gasteiger partial charge in [0.05, 0.1) is 6.61 Å². The van der Waals surface area contributed by atoms with Gasteiger partial charge in [0.2, 0.25) is 0 Å². The summed E-state index contributed by atoms with van der Waals surface area (Å²) in [6.07, 6.45) is 7.10. The van der Waals surface area contributed by atoms with Crippen LogP contribution in [0.5, 0.6) is 0 Å². The van der Waals surface area contributed by atoms with E-state index in [0.717, 1.165) is 18.1 Å². The summed E-state index contributed by atoms with van der Waals surface area (Å²) >= 11 is 0. The van der Waals surface area contributed by atoms with Crippen LogP contribution in [0.1, 0.15) is 46.0 Å². The van der Waals surface area contributed by atoms with Crippen LogP contribution in [0, 0.1) is 0 Å². The third-order valence-corrected chi connectivity index (χ3v) is 5.74. The minimum atomic E-state index is -0.587. The van der Waals surface area contributed by atoms with E-state index in [9.17, 15) is 5.11 Å². The Morgan fingerprint density at radius 1 is 1.47 bits per heavy atom. The summed E-state index contributed by atoms with van der Waals surface area (Å²) in [7, 11) is 4.03. The zero-order valence-electron chi connectivity index (χ0n) is 10.9. The van der Waals surface area contributed by atoms with Crippen molar-refractivity contribution >= 4 is 21.6 Å². The Morgan fingerprint density at radius 2 is 2.29 bits per heavy atom. The average Bonchev–Trinajstić information content (AvgIpc) is 2.76. The lowest BCUT2D eigenvalue weighted by Crippen LogP contribution is -2.12. The van der Waals surface area contributed by atoms with Gasteiger partial charge >= 0.3 is 0 Å². The number of allylic oxidation sites excluding steroid dienone is 1. The predicted molar refractivity (Wildman–Crippen MR) is 78.3 cm³/mol. The molecule has 2 atom stereocenters. The average molecular weight is 276 g/mol. The molecule has 1 saturated heterocycles. The molecule has 2 nitrogen and oxygen atoms in total. The van der Waals surface area contributed by atoms with E-state index in [1.807, 2.05) is 41.5 Å². The van der Waals surface area contributed by atoms with E-state index in [2.05, 4.69) is 0 Å². The Kier molecular flexibility index (Phi) is 8.44. The van der Waals surface area contributed by atoms with E-state index >= 15 is 0 Å².